The van der Waals surface area contributed by atoms with Crippen molar-refractivity contribution in [2.45, 2.75) is 71.1 Å². The number of aryl methyl sites for hydroxylation is 1. The van der Waals surface area contributed by atoms with E-state index in [2.05, 4.69) is 11.7 Å². The zero-order valence-corrected chi connectivity index (χ0v) is 21.0. The lowest BCUT2D eigenvalue weighted by molar-refractivity contribution is -0.274. The van der Waals surface area contributed by atoms with E-state index in [1.54, 1.807) is 31.2 Å². The highest BCUT2D eigenvalue weighted by Crippen LogP contribution is 2.44. The number of hydrogen-bond donors (Lipinski definition) is 0. The van der Waals surface area contributed by atoms with Gasteiger partial charge in [0.25, 0.3) is 0 Å². The molecule has 0 unspecified atom stereocenters. The van der Waals surface area contributed by atoms with E-state index in [1.807, 2.05) is 0 Å². The van der Waals surface area contributed by atoms with E-state index in [0.29, 0.717) is 28.4 Å². The number of alkyl halides is 3. The summed E-state index contributed by atoms with van der Waals surface area (Å²) in [4.78, 5) is 0. The molecule has 1 aliphatic rings. The molecule has 1 fully saturated rings. The number of para-hydroxylation sites is 1. The Balaban J connectivity index is 1.59. The van der Waals surface area contributed by atoms with Gasteiger partial charge in [-0.25, -0.2) is 8.78 Å². The molecule has 0 N–H and O–H groups in total. The van der Waals surface area contributed by atoms with Crippen LogP contribution in [0.5, 0.6) is 17.2 Å². The Bertz CT molecular complexity index is 1200. The highest BCUT2D eigenvalue weighted by Gasteiger charge is 2.31. The normalized spacial score (nSPS) is 18.0. The van der Waals surface area contributed by atoms with E-state index in [4.69, 9.17) is 4.74 Å². The van der Waals surface area contributed by atoms with Crippen LogP contribution in [0.25, 0.3) is 11.1 Å². The fraction of sp³-hybridized carbons (Fsp3) is 0.400. The predicted octanol–water partition coefficient (Wildman–Crippen LogP) is 10.1. The molecule has 1 saturated carbocycles. The van der Waals surface area contributed by atoms with Gasteiger partial charge in [-0.05, 0) is 79.8 Å². The molecule has 4 rings (SSSR count). The minimum absolute atomic E-state index is 0.0334. The van der Waals surface area contributed by atoms with Gasteiger partial charge in [-0.3, -0.25) is 0 Å². The minimum atomic E-state index is -4.79. The number of rotatable bonds is 8. The Hall–Kier alpha value is -3.09. The fourth-order valence-corrected chi connectivity index (χ4v) is 5.21. The van der Waals surface area contributed by atoms with E-state index in [1.165, 1.54) is 36.8 Å². The number of ether oxygens (including phenoxy) is 2. The average Bonchev–Trinajstić information content (AvgIpc) is 2.86. The van der Waals surface area contributed by atoms with E-state index in [-0.39, 0.29) is 23.0 Å². The summed E-state index contributed by atoms with van der Waals surface area (Å²) in [6.07, 6.45) is 2.12. The summed E-state index contributed by atoms with van der Waals surface area (Å²) in [6, 6.07) is 13.5. The summed E-state index contributed by atoms with van der Waals surface area (Å²) < 4.78 is 78.4. The Kier molecular flexibility index (Phi) is 8.40. The SMILES string of the molecule is CCCC[C@H]1CC[C@H](c2c(F)cc(C)c(Oc3ccccc3-c3ccc(OC(F)(F)F)cc3)c2F)CC1. The maximum absolute atomic E-state index is 15.8. The molecule has 0 aromatic heterocycles. The van der Waals surface area contributed by atoms with E-state index in [0.717, 1.165) is 38.5 Å². The highest BCUT2D eigenvalue weighted by molar-refractivity contribution is 5.71. The van der Waals surface area contributed by atoms with Crippen LogP contribution in [-0.4, -0.2) is 6.36 Å². The molecular formula is C30H31F5O2. The molecule has 0 spiro atoms. The molecule has 0 saturated heterocycles. The smallest absolute Gasteiger partial charge is 0.453 e. The minimum Gasteiger partial charge on any atom is -0.453 e. The van der Waals surface area contributed by atoms with Crippen LogP contribution >= 0.6 is 0 Å². The first kappa shape index (κ1) is 27.0. The van der Waals surface area contributed by atoms with Gasteiger partial charge >= 0.3 is 6.36 Å². The van der Waals surface area contributed by atoms with Gasteiger partial charge in [0.1, 0.15) is 17.3 Å². The molecule has 0 radical (unpaired) electrons. The van der Waals surface area contributed by atoms with Crippen molar-refractivity contribution >= 4 is 0 Å². The Morgan fingerprint density at radius 1 is 0.919 bits per heavy atom. The van der Waals surface area contributed by atoms with E-state index >= 15 is 8.78 Å². The van der Waals surface area contributed by atoms with Crippen molar-refractivity contribution in [2.24, 2.45) is 5.92 Å². The average molecular weight is 519 g/mol. The van der Waals surface area contributed by atoms with Crippen LogP contribution < -0.4 is 9.47 Å². The van der Waals surface area contributed by atoms with Gasteiger partial charge in [0.2, 0.25) is 0 Å². The van der Waals surface area contributed by atoms with Crippen molar-refractivity contribution in [1.82, 2.24) is 0 Å². The number of hydrogen-bond acceptors (Lipinski definition) is 2. The van der Waals surface area contributed by atoms with Crippen molar-refractivity contribution in [2.75, 3.05) is 0 Å². The molecule has 1 aliphatic carbocycles. The second-order valence-corrected chi connectivity index (χ2v) is 9.76. The molecule has 3 aromatic carbocycles. The van der Waals surface area contributed by atoms with Crippen molar-refractivity contribution in [3.05, 3.63) is 77.4 Å². The zero-order valence-electron chi connectivity index (χ0n) is 21.0. The fourth-order valence-electron chi connectivity index (χ4n) is 5.21. The van der Waals surface area contributed by atoms with Crippen molar-refractivity contribution in [3.63, 3.8) is 0 Å². The standard InChI is InChI=1S/C30H31F5O2/c1-3-4-7-20-10-12-22(13-11-20)27-25(31)18-19(2)29(28(27)32)36-26-9-6-5-8-24(26)21-14-16-23(17-15-21)37-30(33,34)35/h5-6,8-9,14-18,20,22H,3-4,7,10-13H2,1-2H3/t20-,22-. The second-order valence-electron chi connectivity index (χ2n) is 9.76. The molecule has 37 heavy (non-hydrogen) atoms. The maximum Gasteiger partial charge on any atom is 0.573 e. The quantitative estimate of drug-likeness (QED) is 0.276. The molecule has 0 atom stereocenters. The van der Waals surface area contributed by atoms with Crippen molar-refractivity contribution < 1.29 is 31.4 Å². The first-order chi connectivity index (χ1) is 17.7. The summed E-state index contributed by atoms with van der Waals surface area (Å²) in [7, 11) is 0. The Labute approximate surface area is 214 Å². The molecule has 198 valence electrons. The van der Waals surface area contributed by atoms with Crippen LogP contribution in [0.2, 0.25) is 0 Å². The highest BCUT2D eigenvalue weighted by atomic mass is 19.4. The zero-order chi connectivity index (χ0) is 26.6. The first-order valence-electron chi connectivity index (χ1n) is 12.8. The molecule has 0 amide bonds. The van der Waals surface area contributed by atoms with Crippen LogP contribution in [0.15, 0.2) is 54.6 Å². The summed E-state index contributed by atoms with van der Waals surface area (Å²) in [6.45, 7) is 3.76. The molecular weight excluding hydrogens is 487 g/mol. The van der Waals surface area contributed by atoms with Crippen LogP contribution in [0, 0.1) is 24.5 Å². The third-order valence-electron chi connectivity index (χ3n) is 7.11. The van der Waals surface area contributed by atoms with Crippen LogP contribution in [0.1, 0.15) is 68.9 Å². The Morgan fingerprint density at radius 3 is 2.24 bits per heavy atom. The van der Waals surface area contributed by atoms with Gasteiger partial charge < -0.3 is 9.47 Å². The molecule has 0 heterocycles. The summed E-state index contributed by atoms with van der Waals surface area (Å²) in [5, 5.41) is 0. The summed E-state index contributed by atoms with van der Waals surface area (Å²) >= 11 is 0. The topological polar surface area (TPSA) is 18.5 Å². The third-order valence-corrected chi connectivity index (χ3v) is 7.11. The largest absolute Gasteiger partial charge is 0.573 e. The Morgan fingerprint density at radius 2 is 1.59 bits per heavy atom. The van der Waals surface area contributed by atoms with Crippen molar-refractivity contribution in [1.29, 1.82) is 0 Å². The monoisotopic (exact) mass is 518 g/mol. The first-order valence-corrected chi connectivity index (χ1v) is 12.8. The molecule has 7 heteroatoms. The molecule has 0 aliphatic heterocycles. The summed E-state index contributed by atoms with van der Waals surface area (Å²) in [5.74, 6) is -0.875. The van der Waals surface area contributed by atoms with Crippen molar-refractivity contribution in [3.8, 4) is 28.4 Å². The third kappa shape index (κ3) is 6.62. The number of benzene rings is 3. The lowest BCUT2D eigenvalue weighted by atomic mass is 9.76. The van der Waals surface area contributed by atoms with Crippen LogP contribution in [-0.2, 0) is 0 Å². The van der Waals surface area contributed by atoms with Gasteiger partial charge in [-0.2, -0.15) is 0 Å². The number of unbranched alkanes of at least 4 members (excludes halogenated alkanes) is 1. The predicted molar refractivity (Wildman–Crippen MR) is 134 cm³/mol. The van der Waals surface area contributed by atoms with E-state index in [9.17, 15) is 13.2 Å². The van der Waals surface area contributed by atoms with E-state index < -0.39 is 18.0 Å². The van der Waals surface area contributed by atoms with Crippen LogP contribution in [0.4, 0.5) is 22.0 Å². The second kappa shape index (κ2) is 11.5. The number of halogens is 5. The molecule has 3 aromatic rings. The van der Waals surface area contributed by atoms with Crippen LogP contribution in [0.3, 0.4) is 0 Å². The van der Waals surface area contributed by atoms with Gasteiger partial charge in [-0.1, -0.05) is 56.5 Å². The lowest BCUT2D eigenvalue weighted by Gasteiger charge is -2.29. The van der Waals surface area contributed by atoms with Gasteiger partial charge in [0, 0.05) is 11.1 Å². The molecule has 2 nitrogen and oxygen atoms in total. The molecule has 0 bridgehead atoms. The van der Waals surface area contributed by atoms with Gasteiger partial charge in [0.05, 0.1) is 0 Å². The maximum atomic E-state index is 15.8. The summed E-state index contributed by atoms with van der Waals surface area (Å²) in [5.41, 5.74) is 1.54. The lowest BCUT2D eigenvalue weighted by Crippen LogP contribution is -2.16. The van der Waals surface area contributed by atoms with Gasteiger partial charge in [0.15, 0.2) is 11.6 Å². The van der Waals surface area contributed by atoms with Gasteiger partial charge in [-0.15, -0.1) is 13.2 Å².